The summed E-state index contributed by atoms with van der Waals surface area (Å²) in [5.41, 5.74) is 3.19. The van der Waals surface area contributed by atoms with E-state index in [4.69, 9.17) is 10.5 Å². The Kier molecular flexibility index (Phi) is 6.84. The van der Waals surface area contributed by atoms with Crippen LogP contribution in [0, 0.1) is 11.8 Å². The molecule has 188 valence electrons. The number of amides is 2. The first-order valence-electron chi connectivity index (χ1n) is 11.4. The molecule has 0 radical (unpaired) electrons. The van der Waals surface area contributed by atoms with Gasteiger partial charge < -0.3 is 25.6 Å². The molecule has 0 saturated carbocycles. The van der Waals surface area contributed by atoms with Gasteiger partial charge in [0.1, 0.15) is 6.04 Å². The standard InChI is InChI=1S/C25H25N3O8/c1-13(21(31)28-17-12-18(29)35-22(17)32)15-7-4-5-10-25(20(15)30,24(26)34)36-23(33)19-16-8-3-2-6-14(16)9-11-27-19/h2-6,8-9,11,13,15,17,22,32H,7,10,12H2,1H3,(H2,26,34)(H,28,31). The molecule has 5 atom stereocenters. The quantitative estimate of drug-likeness (QED) is 0.293. The predicted octanol–water partition coefficient (Wildman–Crippen LogP) is 0.537. The lowest BCUT2D eigenvalue weighted by molar-refractivity contribution is -0.156. The van der Waals surface area contributed by atoms with Gasteiger partial charge in [0.15, 0.2) is 11.5 Å². The van der Waals surface area contributed by atoms with Crippen molar-refractivity contribution in [3.05, 3.63) is 54.4 Å². The van der Waals surface area contributed by atoms with Gasteiger partial charge in [-0.05, 0) is 17.9 Å². The number of hydrogen-bond acceptors (Lipinski definition) is 9. The Labute approximate surface area is 205 Å². The number of cyclic esters (lactones) is 1. The number of pyridine rings is 1. The summed E-state index contributed by atoms with van der Waals surface area (Å²) < 4.78 is 10.2. The Morgan fingerprint density at radius 3 is 2.67 bits per heavy atom. The van der Waals surface area contributed by atoms with Gasteiger partial charge in [0.25, 0.3) is 11.5 Å². The molecule has 4 rings (SSSR count). The Bertz CT molecular complexity index is 1270. The van der Waals surface area contributed by atoms with E-state index in [9.17, 15) is 29.1 Å². The van der Waals surface area contributed by atoms with Gasteiger partial charge in [0.05, 0.1) is 6.42 Å². The maximum Gasteiger partial charge on any atom is 0.359 e. The highest BCUT2D eigenvalue weighted by Gasteiger charge is 2.53. The molecule has 1 aliphatic carbocycles. The van der Waals surface area contributed by atoms with Crippen LogP contribution in [0.15, 0.2) is 48.7 Å². The highest BCUT2D eigenvalue weighted by Crippen LogP contribution is 2.33. The summed E-state index contributed by atoms with van der Waals surface area (Å²) in [6, 6.07) is 7.65. The van der Waals surface area contributed by atoms with Gasteiger partial charge in [-0.25, -0.2) is 9.78 Å². The number of primary amides is 1. The molecule has 11 nitrogen and oxygen atoms in total. The molecule has 5 unspecified atom stereocenters. The van der Waals surface area contributed by atoms with Crippen LogP contribution in [0.2, 0.25) is 0 Å². The molecule has 2 amide bonds. The first-order chi connectivity index (χ1) is 17.1. The fourth-order valence-electron chi connectivity index (χ4n) is 4.45. The number of nitrogens with two attached hydrogens (primary N) is 1. The minimum atomic E-state index is -2.35. The van der Waals surface area contributed by atoms with Crippen LogP contribution < -0.4 is 11.1 Å². The number of carbonyl (C=O) groups excluding carboxylic acids is 5. The lowest BCUT2D eigenvalue weighted by Crippen LogP contribution is -2.57. The summed E-state index contributed by atoms with van der Waals surface area (Å²) in [5.74, 6) is -6.42. The van der Waals surface area contributed by atoms with Crippen LogP contribution in [-0.4, -0.2) is 57.6 Å². The second-order valence-electron chi connectivity index (χ2n) is 8.83. The monoisotopic (exact) mass is 495 g/mol. The SMILES string of the molecule is CC(C(=O)NC1CC(=O)OC1O)C1CC=CCC(OC(=O)c2nccc3ccccc23)(C(N)=O)C1=O. The number of hydrogen-bond donors (Lipinski definition) is 3. The summed E-state index contributed by atoms with van der Waals surface area (Å²) in [4.78, 5) is 67.9. The van der Waals surface area contributed by atoms with E-state index in [0.717, 1.165) is 0 Å². The topological polar surface area (TPSA) is 175 Å². The van der Waals surface area contributed by atoms with Crippen molar-refractivity contribution in [2.24, 2.45) is 17.6 Å². The van der Waals surface area contributed by atoms with E-state index in [0.29, 0.717) is 10.8 Å². The van der Waals surface area contributed by atoms with E-state index in [1.807, 2.05) is 0 Å². The normalized spacial score (nSPS) is 26.7. The number of fused-ring (bicyclic) bond motifs is 1. The van der Waals surface area contributed by atoms with Crippen molar-refractivity contribution in [3.8, 4) is 0 Å². The maximum absolute atomic E-state index is 13.7. The molecular weight excluding hydrogens is 470 g/mol. The van der Waals surface area contributed by atoms with Gasteiger partial charge in [-0.15, -0.1) is 0 Å². The van der Waals surface area contributed by atoms with Crippen molar-refractivity contribution in [1.29, 1.82) is 0 Å². The number of ketones is 1. The maximum atomic E-state index is 13.7. The number of rotatable bonds is 6. The smallest absolute Gasteiger partial charge is 0.359 e. The first-order valence-corrected chi connectivity index (χ1v) is 11.4. The second-order valence-corrected chi connectivity index (χ2v) is 8.83. The van der Waals surface area contributed by atoms with Crippen LogP contribution in [0.1, 0.15) is 36.7 Å². The molecule has 2 heterocycles. The van der Waals surface area contributed by atoms with Crippen molar-refractivity contribution in [1.82, 2.24) is 10.3 Å². The van der Waals surface area contributed by atoms with E-state index in [2.05, 4.69) is 15.0 Å². The van der Waals surface area contributed by atoms with Crippen LogP contribution >= 0.6 is 0 Å². The molecule has 0 bridgehead atoms. The third-order valence-corrected chi connectivity index (χ3v) is 6.56. The predicted molar refractivity (Wildman–Crippen MR) is 124 cm³/mol. The van der Waals surface area contributed by atoms with Gasteiger partial charge in [-0.1, -0.05) is 43.3 Å². The molecule has 2 aromatic rings. The molecule has 1 aromatic carbocycles. The van der Waals surface area contributed by atoms with Crippen LogP contribution in [0.25, 0.3) is 10.8 Å². The highest BCUT2D eigenvalue weighted by atomic mass is 16.6. The molecule has 1 aromatic heterocycles. The van der Waals surface area contributed by atoms with Crippen molar-refractivity contribution in [2.45, 2.75) is 44.1 Å². The van der Waals surface area contributed by atoms with E-state index >= 15 is 0 Å². The van der Waals surface area contributed by atoms with Crippen LogP contribution in [0.3, 0.4) is 0 Å². The summed E-state index contributed by atoms with van der Waals surface area (Å²) in [6.45, 7) is 1.46. The third-order valence-electron chi connectivity index (χ3n) is 6.56. The zero-order valence-electron chi connectivity index (χ0n) is 19.4. The molecule has 2 aliphatic rings. The van der Waals surface area contributed by atoms with E-state index in [-0.39, 0.29) is 25.0 Å². The number of esters is 2. The largest absolute Gasteiger partial charge is 0.436 e. The number of nitrogens with one attached hydrogen (secondary N) is 1. The Hall–Kier alpha value is -4.12. The average molecular weight is 495 g/mol. The van der Waals surface area contributed by atoms with Gasteiger partial charge in [0, 0.05) is 29.8 Å². The number of Topliss-reactive ketones (excluding diaryl/α,β-unsaturated/α-hetero) is 1. The number of allylic oxidation sites excluding steroid dienone is 1. The molecular formula is C25H25N3O8. The van der Waals surface area contributed by atoms with Crippen LogP contribution in [-0.2, 0) is 28.7 Å². The van der Waals surface area contributed by atoms with Crippen molar-refractivity contribution in [3.63, 3.8) is 0 Å². The zero-order chi connectivity index (χ0) is 26.0. The van der Waals surface area contributed by atoms with Crippen molar-refractivity contribution < 1.29 is 38.6 Å². The number of aliphatic hydroxyl groups is 1. The Balaban J connectivity index is 1.60. The van der Waals surface area contributed by atoms with Gasteiger partial charge in [-0.2, -0.15) is 0 Å². The molecule has 36 heavy (non-hydrogen) atoms. The minimum Gasteiger partial charge on any atom is -0.436 e. The van der Waals surface area contributed by atoms with Crippen molar-refractivity contribution in [2.75, 3.05) is 0 Å². The Morgan fingerprint density at radius 2 is 1.97 bits per heavy atom. The summed E-state index contributed by atoms with van der Waals surface area (Å²) in [7, 11) is 0. The molecule has 1 fully saturated rings. The summed E-state index contributed by atoms with van der Waals surface area (Å²) in [5, 5.41) is 13.4. The average Bonchev–Trinajstić information content (AvgIpc) is 3.07. The van der Waals surface area contributed by atoms with E-state index in [1.54, 1.807) is 36.4 Å². The number of nitrogens with zero attached hydrogens (tertiary/aromatic N) is 1. The van der Waals surface area contributed by atoms with Gasteiger partial charge in [-0.3, -0.25) is 19.2 Å². The van der Waals surface area contributed by atoms with E-state index in [1.165, 1.54) is 19.2 Å². The number of aromatic nitrogens is 1. The molecule has 11 heteroatoms. The summed E-state index contributed by atoms with van der Waals surface area (Å²) in [6.07, 6.45) is 2.58. The number of aliphatic hydroxyl groups excluding tert-OH is 1. The Morgan fingerprint density at radius 1 is 1.22 bits per heavy atom. The van der Waals surface area contributed by atoms with Gasteiger partial charge >= 0.3 is 11.9 Å². The fraction of sp³-hybridized carbons (Fsp3) is 0.360. The minimum absolute atomic E-state index is 0.0785. The first kappa shape index (κ1) is 25.0. The fourth-order valence-corrected chi connectivity index (χ4v) is 4.45. The van der Waals surface area contributed by atoms with Gasteiger partial charge in [0.2, 0.25) is 12.2 Å². The lowest BCUT2D eigenvalue weighted by atomic mass is 9.79. The van der Waals surface area contributed by atoms with Crippen molar-refractivity contribution >= 4 is 40.3 Å². The summed E-state index contributed by atoms with van der Waals surface area (Å²) >= 11 is 0. The second kappa shape index (κ2) is 9.86. The van der Waals surface area contributed by atoms with Crippen LogP contribution in [0.4, 0.5) is 0 Å². The third kappa shape index (κ3) is 4.57. The molecule has 1 aliphatic heterocycles. The lowest BCUT2D eigenvalue weighted by Gasteiger charge is -2.32. The highest BCUT2D eigenvalue weighted by molar-refractivity contribution is 6.14. The number of carbonyl (C=O) groups is 5. The number of ether oxygens (including phenoxy) is 2. The molecule has 0 spiro atoms. The van der Waals surface area contributed by atoms with Crippen LogP contribution in [0.5, 0.6) is 0 Å². The van der Waals surface area contributed by atoms with E-state index < -0.39 is 59.3 Å². The number of benzene rings is 1. The molecule has 1 saturated heterocycles. The zero-order valence-corrected chi connectivity index (χ0v) is 19.4. The molecule has 4 N–H and O–H groups in total.